The molecule has 3 N–H and O–H groups in total. The fourth-order valence-corrected chi connectivity index (χ4v) is 10.6. The molecule has 278 valence electrons. The fourth-order valence-electron chi connectivity index (χ4n) is 10.6. The summed E-state index contributed by atoms with van der Waals surface area (Å²) < 4.78 is 27.3. The Morgan fingerprint density at radius 3 is 2.19 bits per heavy atom. The van der Waals surface area contributed by atoms with E-state index in [1.165, 1.54) is 6.42 Å². The van der Waals surface area contributed by atoms with Gasteiger partial charge in [-0.25, -0.2) is 14.0 Å². The molecule has 0 heterocycles. The highest BCUT2D eigenvalue weighted by Gasteiger charge is 2.63. The molecule has 0 bridgehead atoms. The van der Waals surface area contributed by atoms with Gasteiger partial charge in [0.05, 0.1) is 0 Å². The van der Waals surface area contributed by atoms with Gasteiger partial charge in [-0.15, -0.1) is 0 Å². The van der Waals surface area contributed by atoms with Gasteiger partial charge in [-0.3, -0.25) is 0 Å². The van der Waals surface area contributed by atoms with Crippen LogP contribution in [0.4, 0.5) is 14.0 Å². The first-order chi connectivity index (χ1) is 22.4. The third kappa shape index (κ3) is 9.38. The molecule has 4 unspecified atom stereocenters. The Balaban J connectivity index is 1.25. The van der Waals surface area contributed by atoms with Crippen LogP contribution in [0.5, 0.6) is 0 Å². The summed E-state index contributed by atoms with van der Waals surface area (Å²) in [6.45, 7) is 21.0. The Morgan fingerprint density at radius 2 is 1.52 bits per heavy atom. The number of hydrogen-bond donors (Lipinski definition) is 3. The molecule has 4 fully saturated rings. The molecule has 0 saturated heterocycles. The predicted octanol–water partition coefficient (Wildman–Crippen LogP) is 8.11. The number of hydrogen-bond acceptors (Lipinski definition) is 6. The van der Waals surface area contributed by atoms with Crippen molar-refractivity contribution < 1.29 is 28.6 Å². The molecular weight excluding hydrogens is 609 g/mol. The number of unbranched alkanes of at least 4 members (excludes halogenated alkanes) is 1. The number of halogens is 1. The largest absolute Gasteiger partial charge is 0.444 e. The first-order valence-electron chi connectivity index (χ1n) is 19.3. The van der Waals surface area contributed by atoms with E-state index < -0.39 is 23.5 Å². The Kier molecular flexibility index (Phi) is 12.8. The van der Waals surface area contributed by atoms with E-state index in [-0.39, 0.29) is 29.4 Å². The maximum Gasteiger partial charge on any atom is 0.410 e. The minimum atomic E-state index is -0.721. The highest BCUT2D eigenvalue weighted by atomic mass is 19.1. The number of aliphatic hydroxyl groups excluding tert-OH is 1. The maximum absolute atomic E-state index is 16.3. The van der Waals surface area contributed by atoms with Crippen LogP contribution in [0.1, 0.15) is 133 Å². The summed E-state index contributed by atoms with van der Waals surface area (Å²) in [5.74, 6) is 2.32. The number of aliphatic hydroxyl groups is 1. The second-order valence-corrected chi connectivity index (χ2v) is 18.5. The zero-order chi connectivity index (χ0) is 35.5. The zero-order valence-electron chi connectivity index (χ0n) is 31.8. The fraction of sp³-hybridized carbons (Fsp3) is 0.949. The number of carbonyl (C=O) groups excluding carboxylic acids is 2. The summed E-state index contributed by atoms with van der Waals surface area (Å²) in [6, 6.07) is 0.385. The summed E-state index contributed by atoms with van der Waals surface area (Å²) in [7, 11) is 0. The Labute approximate surface area is 291 Å². The number of ether oxygens (including phenoxy) is 2. The number of alkyl halides is 1. The van der Waals surface area contributed by atoms with Crippen LogP contribution in [-0.2, 0) is 9.47 Å². The molecule has 0 aromatic carbocycles. The highest BCUT2D eigenvalue weighted by molar-refractivity contribution is 5.68. The van der Waals surface area contributed by atoms with Gasteiger partial charge in [0.1, 0.15) is 17.4 Å². The van der Waals surface area contributed by atoms with Crippen LogP contribution in [0.25, 0.3) is 0 Å². The normalized spacial score (nSPS) is 35.5. The number of carbonyl (C=O) groups is 2. The van der Waals surface area contributed by atoms with E-state index >= 15 is 4.39 Å². The van der Waals surface area contributed by atoms with E-state index in [0.29, 0.717) is 61.7 Å². The molecule has 0 aromatic rings. The van der Waals surface area contributed by atoms with Crippen molar-refractivity contribution >= 4 is 12.2 Å². The van der Waals surface area contributed by atoms with Gasteiger partial charge < -0.3 is 30.1 Å². The van der Waals surface area contributed by atoms with Crippen molar-refractivity contribution in [3.63, 3.8) is 0 Å². The number of fused-ring (bicyclic) bond motifs is 5. The summed E-state index contributed by atoms with van der Waals surface area (Å²) in [4.78, 5) is 26.8. The molecule has 0 aromatic heterocycles. The quantitative estimate of drug-likeness (QED) is 0.180. The molecule has 9 heteroatoms. The minimum absolute atomic E-state index is 0.166. The molecular formula is C39H70FN3O5. The van der Waals surface area contributed by atoms with Crippen LogP contribution in [0, 0.1) is 46.3 Å². The van der Waals surface area contributed by atoms with Crippen molar-refractivity contribution in [1.82, 2.24) is 15.5 Å². The van der Waals surface area contributed by atoms with Crippen molar-refractivity contribution in [3.05, 3.63) is 0 Å². The standard InChI is InChI=1S/C39H70FN3O5/c1-26(25-44)29-13-14-30-33-31(16-18-39(29,30)9)38(8)17-15-28(23-27(38)24-32(33)40)41-20-12-22-43(35(46)48-37(5,6)7)21-11-10-19-42-34(45)47-36(2,3)4/h26-33,41,44H,10-25H2,1-9H3,(H,42,45)/t26-,27-,28-,29?,30?,31?,32-,33?,38+,39-/m1/s1. The van der Waals surface area contributed by atoms with Gasteiger partial charge in [0.25, 0.3) is 0 Å². The predicted molar refractivity (Wildman–Crippen MR) is 189 cm³/mol. The number of alkyl carbamates (subject to hydrolysis) is 1. The van der Waals surface area contributed by atoms with Crippen LogP contribution in [0.3, 0.4) is 0 Å². The average Bonchev–Trinajstić information content (AvgIpc) is 3.33. The summed E-state index contributed by atoms with van der Waals surface area (Å²) >= 11 is 0. The second-order valence-electron chi connectivity index (χ2n) is 18.5. The number of rotatable bonds is 12. The summed E-state index contributed by atoms with van der Waals surface area (Å²) in [6.07, 6.45) is 9.45. The molecule has 48 heavy (non-hydrogen) atoms. The Hall–Kier alpha value is -1.61. The van der Waals surface area contributed by atoms with Gasteiger partial charge in [-0.2, -0.15) is 0 Å². The van der Waals surface area contributed by atoms with Gasteiger partial charge in [-0.05, 0) is 165 Å². The lowest BCUT2D eigenvalue weighted by Gasteiger charge is -2.62. The van der Waals surface area contributed by atoms with E-state index in [4.69, 9.17) is 9.47 Å². The summed E-state index contributed by atoms with van der Waals surface area (Å²) in [5, 5.41) is 16.5. The van der Waals surface area contributed by atoms with E-state index in [0.717, 1.165) is 64.3 Å². The van der Waals surface area contributed by atoms with E-state index in [1.807, 2.05) is 41.5 Å². The molecule has 4 saturated carbocycles. The van der Waals surface area contributed by atoms with Gasteiger partial charge in [-0.1, -0.05) is 20.8 Å². The van der Waals surface area contributed by atoms with Crippen LogP contribution >= 0.6 is 0 Å². The van der Waals surface area contributed by atoms with Crippen LogP contribution in [-0.4, -0.2) is 78.4 Å². The smallest absolute Gasteiger partial charge is 0.410 e. The topological polar surface area (TPSA) is 100 Å². The van der Waals surface area contributed by atoms with E-state index in [9.17, 15) is 14.7 Å². The Morgan fingerprint density at radius 1 is 0.875 bits per heavy atom. The molecule has 4 aliphatic rings. The first kappa shape index (κ1) is 39.2. The lowest BCUT2D eigenvalue weighted by Crippen LogP contribution is -2.58. The second kappa shape index (κ2) is 15.7. The number of amides is 2. The monoisotopic (exact) mass is 680 g/mol. The van der Waals surface area contributed by atoms with Crippen LogP contribution in [0.15, 0.2) is 0 Å². The first-order valence-corrected chi connectivity index (χ1v) is 19.3. The minimum Gasteiger partial charge on any atom is -0.444 e. The lowest BCUT2D eigenvalue weighted by molar-refractivity contribution is -0.149. The molecule has 4 aliphatic carbocycles. The van der Waals surface area contributed by atoms with Crippen molar-refractivity contribution in [1.29, 1.82) is 0 Å². The zero-order valence-corrected chi connectivity index (χ0v) is 31.8. The molecule has 8 nitrogen and oxygen atoms in total. The van der Waals surface area contributed by atoms with Gasteiger partial charge in [0.2, 0.25) is 0 Å². The molecule has 4 rings (SSSR count). The Bertz CT molecular complexity index is 1080. The van der Waals surface area contributed by atoms with Crippen molar-refractivity contribution in [2.75, 3.05) is 32.8 Å². The van der Waals surface area contributed by atoms with Gasteiger partial charge in [0.15, 0.2) is 0 Å². The SMILES string of the molecule is C[C@H](CO)C1CCC2C3C(CC[C@@]21C)[C@@]1(C)CC[C@@H](NCCCN(CCCCNC(=O)OC(C)(C)C)C(=O)OC(C)(C)C)C[C@@H]1C[C@H]3F. The van der Waals surface area contributed by atoms with Crippen molar-refractivity contribution in [3.8, 4) is 0 Å². The van der Waals surface area contributed by atoms with Crippen molar-refractivity contribution in [2.24, 2.45) is 46.3 Å². The third-order valence-corrected chi connectivity index (χ3v) is 12.9. The van der Waals surface area contributed by atoms with E-state index in [1.54, 1.807) is 4.90 Å². The maximum atomic E-state index is 16.3. The number of nitrogens with zero attached hydrogens (tertiary/aromatic N) is 1. The molecule has 10 atom stereocenters. The molecule has 0 aliphatic heterocycles. The average molecular weight is 680 g/mol. The van der Waals surface area contributed by atoms with Crippen LogP contribution in [0.2, 0.25) is 0 Å². The summed E-state index contributed by atoms with van der Waals surface area (Å²) in [5.41, 5.74) is -0.725. The third-order valence-electron chi connectivity index (χ3n) is 12.9. The lowest BCUT2D eigenvalue weighted by atomic mass is 9.44. The molecule has 0 radical (unpaired) electrons. The van der Waals surface area contributed by atoms with Crippen molar-refractivity contribution in [2.45, 2.75) is 156 Å². The van der Waals surface area contributed by atoms with Gasteiger partial charge >= 0.3 is 12.2 Å². The van der Waals surface area contributed by atoms with E-state index in [2.05, 4.69) is 31.4 Å². The molecule has 0 spiro atoms. The van der Waals surface area contributed by atoms with Crippen LogP contribution < -0.4 is 10.6 Å². The number of nitrogens with one attached hydrogen (secondary N) is 2. The molecule has 2 amide bonds. The highest BCUT2D eigenvalue weighted by Crippen LogP contribution is 2.68. The van der Waals surface area contributed by atoms with Gasteiger partial charge in [0, 0.05) is 32.3 Å².